The number of hydrogen-bond acceptors (Lipinski definition) is 6. The first-order chi connectivity index (χ1) is 13.9. The third-order valence-corrected chi connectivity index (χ3v) is 5.72. The molecule has 2 aromatic rings. The van der Waals surface area contributed by atoms with E-state index in [0.717, 1.165) is 11.8 Å². The lowest BCUT2D eigenvalue weighted by Crippen LogP contribution is -2.31. The van der Waals surface area contributed by atoms with Gasteiger partial charge < -0.3 is 5.32 Å². The van der Waals surface area contributed by atoms with Crippen molar-refractivity contribution >= 4 is 69.2 Å². The molecule has 148 valence electrons. The first kappa shape index (κ1) is 21.0. The maximum absolute atomic E-state index is 12.6. The summed E-state index contributed by atoms with van der Waals surface area (Å²) in [5.41, 5.74) is 0.601. The zero-order chi connectivity index (χ0) is 21.0. The van der Waals surface area contributed by atoms with Gasteiger partial charge in [0.25, 0.3) is 11.6 Å². The number of benzene rings is 2. The summed E-state index contributed by atoms with van der Waals surface area (Å²) in [4.78, 5) is 37.1. The molecular formula is C19H14ClN3O4S2. The molecule has 0 radical (unpaired) electrons. The van der Waals surface area contributed by atoms with E-state index in [1.165, 1.54) is 23.1 Å². The summed E-state index contributed by atoms with van der Waals surface area (Å²) in [5, 5.41) is 14.1. The van der Waals surface area contributed by atoms with Crippen LogP contribution < -0.4 is 5.32 Å². The van der Waals surface area contributed by atoms with E-state index in [1.807, 2.05) is 6.07 Å². The Morgan fingerprint density at radius 1 is 1.24 bits per heavy atom. The van der Waals surface area contributed by atoms with Crippen LogP contribution in [0.5, 0.6) is 0 Å². The van der Waals surface area contributed by atoms with Crippen molar-refractivity contribution < 1.29 is 14.5 Å². The van der Waals surface area contributed by atoms with Gasteiger partial charge in [-0.15, -0.1) is 0 Å². The summed E-state index contributed by atoms with van der Waals surface area (Å²) in [6.45, 7) is 0.0665. The number of nitro benzene ring substituents is 1. The number of nitrogens with one attached hydrogen (secondary N) is 1. The van der Waals surface area contributed by atoms with Crippen molar-refractivity contribution in [2.24, 2.45) is 0 Å². The van der Waals surface area contributed by atoms with Crippen LogP contribution in [0.3, 0.4) is 0 Å². The standard InChI is InChI=1S/C19H14ClN3O4S2/c20-13-6-2-1-5-12(13)11-16-18(25)22(19(28)29-16)10-9-17(24)21-14-7-3-4-8-15(14)23(26)27/h1-8,11H,9-10H2,(H,21,24)/b16-11+. The van der Waals surface area contributed by atoms with Crippen molar-refractivity contribution in [1.29, 1.82) is 0 Å². The molecule has 3 rings (SSSR count). The lowest BCUT2D eigenvalue weighted by atomic mass is 10.2. The van der Waals surface area contributed by atoms with Crippen LogP contribution >= 0.6 is 35.6 Å². The van der Waals surface area contributed by atoms with Crippen molar-refractivity contribution in [2.75, 3.05) is 11.9 Å². The lowest BCUT2D eigenvalue weighted by molar-refractivity contribution is -0.383. The molecule has 1 aliphatic heterocycles. The largest absolute Gasteiger partial charge is 0.320 e. The number of rotatable bonds is 6. The summed E-state index contributed by atoms with van der Waals surface area (Å²) < 4.78 is 0.340. The maximum atomic E-state index is 12.6. The van der Waals surface area contributed by atoms with Crippen LogP contribution in [0.4, 0.5) is 11.4 Å². The molecule has 7 nitrogen and oxygen atoms in total. The first-order valence-corrected chi connectivity index (χ1v) is 10.0. The van der Waals surface area contributed by atoms with Crippen LogP contribution in [0.1, 0.15) is 12.0 Å². The van der Waals surface area contributed by atoms with Crippen LogP contribution in [-0.4, -0.2) is 32.5 Å². The van der Waals surface area contributed by atoms with E-state index >= 15 is 0 Å². The fourth-order valence-electron chi connectivity index (χ4n) is 2.59. The smallest absolute Gasteiger partial charge is 0.292 e. The Bertz CT molecular complexity index is 1040. The normalized spacial score (nSPS) is 15.1. The van der Waals surface area contributed by atoms with Gasteiger partial charge in [-0.3, -0.25) is 24.6 Å². The molecule has 0 saturated carbocycles. The number of nitrogens with zero attached hydrogens (tertiary/aromatic N) is 2. The molecule has 1 aliphatic rings. The highest BCUT2D eigenvalue weighted by atomic mass is 35.5. The number of para-hydroxylation sites is 2. The third kappa shape index (κ3) is 5.00. The Morgan fingerprint density at radius 3 is 2.66 bits per heavy atom. The second kappa shape index (κ2) is 9.17. The molecule has 0 aromatic heterocycles. The summed E-state index contributed by atoms with van der Waals surface area (Å²) in [7, 11) is 0. The number of halogens is 1. The summed E-state index contributed by atoms with van der Waals surface area (Å²) in [6, 6.07) is 13.0. The Balaban J connectivity index is 1.65. The molecule has 1 saturated heterocycles. The number of anilines is 1. The van der Waals surface area contributed by atoms with E-state index in [2.05, 4.69) is 5.32 Å². The quantitative estimate of drug-likeness (QED) is 0.304. The zero-order valence-electron chi connectivity index (χ0n) is 14.8. The second-order valence-electron chi connectivity index (χ2n) is 5.93. The van der Waals surface area contributed by atoms with Gasteiger partial charge in [-0.1, -0.05) is 65.9 Å². The van der Waals surface area contributed by atoms with Crippen molar-refractivity contribution in [2.45, 2.75) is 6.42 Å². The predicted molar refractivity (Wildman–Crippen MR) is 118 cm³/mol. The van der Waals surface area contributed by atoms with Gasteiger partial charge in [-0.05, 0) is 23.8 Å². The molecule has 2 amide bonds. The maximum Gasteiger partial charge on any atom is 0.292 e. The van der Waals surface area contributed by atoms with Crippen LogP contribution in [0.2, 0.25) is 5.02 Å². The minimum atomic E-state index is -0.572. The van der Waals surface area contributed by atoms with Gasteiger partial charge in [0, 0.05) is 24.1 Å². The Morgan fingerprint density at radius 2 is 1.93 bits per heavy atom. The van der Waals surface area contributed by atoms with Crippen molar-refractivity contribution in [3.63, 3.8) is 0 Å². The lowest BCUT2D eigenvalue weighted by Gasteiger charge is -2.14. The second-order valence-corrected chi connectivity index (χ2v) is 8.01. The minimum Gasteiger partial charge on any atom is -0.320 e. The Hall–Kier alpha value is -2.75. The molecule has 2 aromatic carbocycles. The van der Waals surface area contributed by atoms with Gasteiger partial charge in [-0.25, -0.2) is 0 Å². The summed E-state index contributed by atoms with van der Waals surface area (Å²) in [5.74, 6) is -0.762. The number of thioether (sulfide) groups is 1. The molecule has 1 N–H and O–H groups in total. The molecule has 0 aliphatic carbocycles. The van der Waals surface area contributed by atoms with Crippen LogP contribution in [0.25, 0.3) is 6.08 Å². The van der Waals surface area contributed by atoms with E-state index in [9.17, 15) is 19.7 Å². The van der Waals surface area contributed by atoms with Crippen LogP contribution in [-0.2, 0) is 9.59 Å². The SMILES string of the molecule is O=C(CCN1C(=O)/C(=C\c2ccccc2Cl)SC1=S)Nc1ccccc1[N+](=O)[O-]. The molecule has 0 bridgehead atoms. The number of carbonyl (C=O) groups excluding carboxylic acids is 2. The Labute approximate surface area is 180 Å². The van der Waals surface area contributed by atoms with E-state index in [1.54, 1.807) is 30.3 Å². The molecule has 0 unspecified atom stereocenters. The molecule has 1 heterocycles. The number of hydrogen-bond donors (Lipinski definition) is 1. The topological polar surface area (TPSA) is 92.6 Å². The van der Waals surface area contributed by atoms with Gasteiger partial charge >= 0.3 is 0 Å². The molecule has 1 fully saturated rings. The van der Waals surface area contributed by atoms with E-state index < -0.39 is 10.8 Å². The van der Waals surface area contributed by atoms with Gasteiger partial charge in [0.15, 0.2) is 0 Å². The predicted octanol–water partition coefficient (Wildman–Crippen LogP) is 4.48. The van der Waals surface area contributed by atoms with Gasteiger partial charge in [-0.2, -0.15) is 0 Å². The number of nitro groups is 1. The summed E-state index contributed by atoms with van der Waals surface area (Å²) in [6.07, 6.45) is 1.60. The third-order valence-electron chi connectivity index (χ3n) is 4.00. The molecule has 29 heavy (non-hydrogen) atoms. The zero-order valence-corrected chi connectivity index (χ0v) is 17.2. The first-order valence-electron chi connectivity index (χ1n) is 8.40. The number of carbonyl (C=O) groups is 2. The van der Waals surface area contributed by atoms with Gasteiger partial charge in [0.05, 0.1) is 9.83 Å². The van der Waals surface area contributed by atoms with Crippen molar-refractivity contribution in [1.82, 2.24) is 4.90 Å². The fourth-order valence-corrected chi connectivity index (χ4v) is 4.08. The van der Waals surface area contributed by atoms with Gasteiger partial charge in [0.1, 0.15) is 10.0 Å². The summed E-state index contributed by atoms with van der Waals surface area (Å²) >= 11 is 12.5. The minimum absolute atomic E-state index is 0.0577. The molecule has 10 heteroatoms. The highest BCUT2D eigenvalue weighted by Crippen LogP contribution is 2.33. The van der Waals surface area contributed by atoms with E-state index in [-0.39, 0.29) is 30.2 Å². The van der Waals surface area contributed by atoms with Crippen molar-refractivity contribution in [3.8, 4) is 0 Å². The van der Waals surface area contributed by atoms with Gasteiger partial charge in [0.2, 0.25) is 5.91 Å². The molecule has 0 spiro atoms. The average molecular weight is 448 g/mol. The van der Waals surface area contributed by atoms with Crippen LogP contribution in [0, 0.1) is 10.1 Å². The fraction of sp³-hybridized carbons (Fsp3) is 0.105. The Kier molecular flexibility index (Phi) is 6.63. The average Bonchev–Trinajstić information content (AvgIpc) is 2.95. The van der Waals surface area contributed by atoms with E-state index in [4.69, 9.17) is 23.8 Å². The monoisotopic (exact) mass is 447 g/mol. The number of amides is 2. The van der Waals surface area contributed by atoms with Crippen molar-refractivity contribution in [3.05, 3.63) is 74.1 Å². The molecule has 0 atom stereocenters. The van der Waals surface area contributed by atoms with Crippen LogP contribution in [0.15, 0.2) is 53.4 Å². The highest BCUT2D eigenvalue weighted by Gasteiger charge is 2.32. The number of thiocarbonyl (C=S) groups is 1. The van der Waals surface area contributed by atoms with E-state index in [0.29, 0.717) is 19.8 Å². The highest BCUT2D eigenvalue weighted by molar-refractivity contribution is 8.26. The molecular weight excluding hydrogens is 434 g/mol.